The fourth-order valence-electron chi connectivity index (χ4n) is 0.814. The summed E-state index contributed by atoms with van der Waals surface area (Å²) in [5, 5.41) is 2.45. The first-order chi connectivity index (χ1) is 5.41. The molecule has 0 rings (SSSR count). The van der Waals surface area contributed by atoms with Gasteiger partial charge in [0.1, 0.15) is 0 Å². The van der Waals surface area contributed by atoms with Gasteiger partial charge < -0.3 is 5.32 Å². The highest BCUT2D eigenvalue weighted by Crippen LogP contribution is 1.98. The van der Waals surface area contributed by atoms with Gasteiger partial charge in [-0.2, -0.15) is 0 Å². The zero-order valence-corrected chi connectivity index (χ0v) is 7.10. The maximum atomic E-state index is 9.67. The molecule has 0 aliphatic rings. The third-order valence-corrected chi connectivity index (χ3v) is 1.43. The van der Waals surface area contributed by atoms with Crippen LogP contribution in [0.5, 0.6) is 0 Å². The van der Waals surface area contributed by atoms with Gasteiger partial charge in [0.2, 0.25) is 0 Å². The lowest BCUT2D eigenvalue weighted by atomic mass is 10.2. The van der Waals surface area contributed by atoms with E-state index < -0.39 is 0 Å². The highest BCUT2D eigenvalue weighted by atomic mass is 16.1. The zero-order valence-electron chi connectivity index (χ0n) is 7.10. The average Bonchev–Trinajstić information content (AvgIpc) is 2.03. The Morgan fingerprint density at radius 1 is 1.36 bits per heavy atom. The van der Waals surface area contributed by atoms with Crippen LogP contribution >= 0.6 is 0 Å². The van der Waals surface area contributed by atoms with E-state index in [2.05, 4.69) is 18.3 Å². The van der Waals surface area contributed by atoms with E-state index in [1.165, 1.54) is 19.3 Å². The molecule has 0 aliphatic carbocycles. The van der Waals surface area contributed by atoms with Crippen LogP contribution < -0.4 is 5.32 Å². The van der Waals surface area contributed by atoms with Crippen LogP contribution in [0.25, 0.3) is 0 Å². The molecule has 1 amide bonds. The molecule has 0 saturated carbocycles. The maximum Gasteiger partial charge on any atom is 0.309 e. The van der Waals surface area contributed by atoms with Gasteiger partial charge in [-0.05, 0) is 12.8 Å². The molecule has 0 bridgehead atoms. The highest BCUT2D eigenvalue weighted by Gasteiger charge is 1.80. The zero-order chi connectivity index (χ0) is 8.36. The number of nitrogens with one attached hydrogen (secondary N) is 1. The van der Waals surface area contributed by atoms with Crippen molar-refractivity contribution in [2.75, 3.05) is 6.54 Å². The summed E-state index contributed by atoms with van der Waals surface area (Å²) in [4.78, 5) is 9.67. The second-order valence-electron chi connectivity index (χ2n) is 2.45. The number of amides is 1. The van der Waals surface area contributed by atoms with Gasteiger partial charge in [0.05, 0.1) is 0 Å². The molecule has 0 aromatic rings. The van der Waals surface area contributed by atoms with Crippen molar-refractivity contribution < 1.29 is 4.79 Å². The molecule has 1 radical (unpaired) electrons. The van der Waals surface area contributed by atoms with Crippen molar-refractivity contribution >= 4 is 6.41 Å². The van der Waals surface area contributed by atoms with E-state index in [0.29, 0.717) is 6.54 Å². The summed E-state index contributed by atoms with van der Waals surface area (Å²) in [7, 11) is 0. The number of unbranched alkanes of at least 4 members (excludes halogenated alkanes) is 3. The van der Waals surface area contributed by atoms with E-state index in [9.17, 15) is 4.79 Å². The van der Waals surface area contributed by atoms with Crippen LogP contribution in [0, 0.1) is 0 Å². The van der Waals surface area contributed by atoms with E-state index in [4.69, 9.17) is 0 Å². The summed E-state index contributed by atoms with van der Waals surface area (Å²) in [6, 6.07) is 0. The quantitative estimate of drug-likeness (QED) is 0.338. The molecule has 0 aliphatic heterocycles. The van der Waals surface area contributed by atoms with E-state index in [1.54, 1.807) is 6.41 Å². The van der Waals surface area contributed by atoms with Gasteiger partial charge in [0, 0.05) is 6.54 Å². The first kappa shape index (κ1) is 10.2. The lowest BCUT2D eigenvalue weighted by Crippen LogP contribution is -2.09. The van der Waals surface area contributed by atoms with E-state index >= 15 is 0 Å². The third kappa shape index (κ3) is 9.21. The molecule has 0 spiro atoms. The van der Waals surface area contributed by atoms with Crippen LogP contribution in [0.2, 0.25) is 0 Å². The Kier molecular flexibility index (Phi) is 8.55. The average molecular weight is 154 g/mol. The van der Waals surface area contributed by atoms with Gasteiger partial charge in [-0.15, -0.1) is 0 Å². The Labute approximate surface area is 68.7 Å². The third-order valence-electron chi connectivity index (χ3n) is 1.43. The van der Waals surface area contributed by atoms with E-state index in [0.717, 1.165) is 6.42 Å². The molecule has 1 N–H and O–H groups in total. The monoisotopic (exact) mass is 154 g/mol. The molecule has 0 aromatic heterocycles. The lowest BCUT2D eigenvalue weighted by Gasteiger charge is -1.91. The van der Waals surface area contributed by atoms with E-state index in [-0.39, 0.29) is 0 Å². The van der Waals surface area contributed by atoms with Gasteiger partial charge in [0.15, 0.2) is 0 Å². The maximum absolute atomic E-state index is 9.67. The molecular formula is C9H16NO. The molecule has 0 aromatic carbocycles. The molecule has 0 fully saturated rings. The molecule has 0 heterocycles. The van der Waals surface area contributed by atoms with Crippen LogP contribution in [-0.2, 0) is 4.79 Å². The Hall–Kier alpha value is -0.790. The molecule has 0 saturated heterocycles. The smallest absolute Gasteiger partial charge is 0.309 e. The molecule has 63 valence electrons. The van der Waals surface area contributed by atoms with Crippen LogP contribution in [-0.4, -0.2) is 13.0 Å². The minimum absolute atomic E-state index is 0.607. The summed E-state index contributed by atoms with van der Waals surface area (Å²) in [5.74, 6) is 0. The topological polar surface area (TPSA) is 29.1 Å². The molecule has 11 heavy (non-hydrogen) atoms. The van der Waals surface area contributed by atoms with Crippen LogP contribution in [0.4, 0.5) is 0 Å². The van der Waals surface area contributed by atoms with Gasteiger partial charge in [-0.25, -0.2) is 0 Å². The molecular weight excluding hydrogens is 138 g/mol. The molecule has 0 unspecified atom stereocenters. The summed E-state index contributed by atoms with van der Waals surface area (Å²) < 4.78 is 0. The van der Waals surface area contributed by atoms with Gasteiger partial charge in [-0.3, -0.25) is 4.79 Å². The molecule has 2 nitrogen and oxygen atoms in total. The predicted molar refractivity (Wildman–Crippen MR) is 47.0 cm³/mol. The molecule has 2 heteroatoms. The Balaban J connectivity index is 2.97. The van der Waals surface area contributed by atoms with Crippen LogP contribution in [0.3, 0.4) is 0 Å². The van der Waals surface area contributed by atoms with Crippen LogP contribution in [0.15, 0.2) is 12.2 Å². The Morgan fingerprint density at radius 2 is 2.18 bits per heavy atom. The Morgan fingerprint density at radius 3 is 2.82 bits per heavy atom. The molecule has 0 atom stereocenters. The summed E-state index contributed by atoms with van der Waals surface area (Å²) in [5.41, 5.74) is 0. The van der Waals surface area contributed by atoms with E-state index in [1.807, 2.05) is 6.08 Å². The fourth-order valence-corrected chi connectivity index (χ4v) is 0.814. The normalized spacial score (nSPS) is 10.3. The Bertz CT molecular complexity index is 110. The van der Waals surface area contributed by atoms with Crippen LogP contribution in [0.1, 0.15) is 32.6 Å². The number of carbonyl (C=O) groups excluding carboxylic acids is 1. The predicted octanol–water partition coefficient (Wildman–Crippen LogP) is 1.78. The van der Waals surface area contributed by atoms with Gasteiger partial charge in [-0.1, -0.05) is 31.9 Å². The van der Waals surface area contributed by atoms with Gasteiger partial charge in [0.25, 0.3) is 0 Å². The lowest BCUT2D eigenvalue weighted by molar-refractivity contribution is 0.545. The van der Waals surface area contributed by atoms with Crippen molar-refractivity contribution in [1.29, 1.82) is 0 Å². The first-order valence-corrected chi connectivity index (χ1v) is 4.16. The summed E-state index contributed by atoms with van der Waals surface area (Å²) >= 11 is 0. The number of hydrogen-bond acceptors (Lipinski definition) is 1. The first-order valence-electron chi connectivity index (χ1n) is 4.16. The summed E-state index contributed by atoms with van der Waals surface area (Å²) in [6.07, 6.45) is 10.6. The van der Waals surface area contributed by atoms with Crippen molar-refractivity contribution in [2.45, 2.75) is 32.6 Å². The van der Waals surface area contributed by atoms with Crippen molar-refractivity contribution in [3.63, 3.8) is 0 Å². The number of rotatable bonds is 7. The van der Waals surface area contributed by atoms with Crippen molar-refractivity contribution in [1.82, 2.24) is 5.32 Å². The SMILES string of the molecule is CCCCCC=CCN[C]=O. The largest absolute Gasteiger partial charge is 0.344 e. The summed E-state index contributed by atoms with van der Waals surface area (Å²) in [6.45, 7) is 2.79. The standard InChI is InChI=1S/C9H16NO/c1-2-3-4-5-6-7-8-10-9-11/h6-7H,2-5,8H2,1H3,(H,10,11). The fraction of sp³-hybridized carbons (Fsp3) is 0.667. The minimum atomic E-state index is 0.607. The second kappa shape index (κ2) is 9.21. The second-order valence-corrected chi connectivity index (χ2v) is 2.45. The van der Waals surface area contributed by atoms with Crippen molar-refractivity contribution in [2.24, 2.45) is 0 Å². The van der Waals surface area contributed by atoms with Gasteiger partial charge >= 0.3 is 6.41 Å². The highest BCUT2D eigenvalue weighted by molar-refractivity contribution is 5.47. The number of hydrogen-bond donors (Lipinski definition) is 1. The number of allylic oxidation sites excluding steroid dienone is 1. The van der Waals surface area contributed by atoms with Crippen molar-refractivity contribution in [3.05, 3.63) is 12.2 Å². The minimum Gasteiger partial charge on any atom is -0.344 e. The van der Waals surface area contributed by atoms with Crippen molar-refractivity contribution in [3.8, 4) is 0 Å².